The fraction of sp³-hybridized carbons (Fsp3) is 0.462. The predicted octanol–water partition coefficient (Wildman–Crippen LogP) is 3.99. The summed E-state index contributed by atoms with van der Waals surface area (Å²) in [7, 11) is 0. The number of benzene rings is 1. The molecule has 0 aliphatic rings. The van der Waals surface area contributed by atoms with Crippen LogP contribution in [0.3, 0.4) is 0 Å². The molecule has 0 unspecified atom stereocenters. The first-order valence-corrected chi connectivity index (χ1v) is 5.26. The maximum Gasteiger partial charge on any atom is 0.00472 e. The van der Waals surface area contributed by atoms with Crippen molar-refractivity contribution in [2.45, 2.75) is 40.0 Å². The van der Waals surface area contributed by atoms with Crippen molar-refractivity contribution >= 4 is 0 Å². The lowest BCUT2D eigenvalue weighted by molar-refractivity contribution is 0.838. The zero-order valence-electron chi connectivity index (χ0n) is 8.93. The average Bonchev–Trinajstić information content (AvgIpc) is 2.20. The second kappa shape index (κ2) is 5.06. The Hall–Kier alpha value is -0.780. The highest BCUT2D eigenvalue weighted by Crippen LogP contribution is 2.25. The Bertz CT molecular complexity index is 246. The maximum absolute atomic E-state index is 2.25. The van der Waals surface area contributed by atoms with Gasteiger partial charge in [-0.25, -0.2) is 0 Å². The Balaban J connectivity index is 2.96. The molecule has 13 heavy (non-hydrogen) atoms. The van der Waals surface area contributed by atoms with Gasteiger partial charge in [-0.05, 0) is 30.4 Å². The molecule has 0 fully saturated rings. The zero-order chi connectivity index (χ0) is 9.68. The lowest BCUT2D eigenvalue weighted by Crippen LogP contribution is -2.00. The second-order valence-electron chi connectivity index (χ2n) is 3.32. The third kappa shape index (κ3) is 2.33. The van der Waals surface area contributed by atoms with E-state index in [9.17, 15) is 0 Å². The summed E-state index contributed by atoms with van der Waals surface area (Å²) < 4.78 is 0. The Morgan fingerprint density at radius 3 is 2.15 bits per heavy atom. The lowest BCUT2D eigenvalue weighted by atomic mass is 9.89. The highest BCUT2D eigenvalue weighted by Gasteiger charge is 2.10. The van der Waals surface area contributed by atoms with E-state index in [0.717, 1.165) is 6.42 Å². The third-order valence-electron chi connectivity index (χ3n) is 2.63. The molecule has 0 heterocycles. The summed E-state index contributed by atoms with van der Waals surface area (Å²) in [6.07, 6.45) is 3.49. The monoisotopic (exact) mass is 175 g/mol. The highest BCUT2D eigenvalue weighted by molar-refractivity contribution is 5.38. The lowest BCUT2D eigenvalue weighted by Gasteiger charge is -2.15. The molecular formula is C13H19. The van der Waals surface area contributed by atoms with Gasteiger partial charge in [-0.3, -0.25) is 0 Å². The van der Waals surface area contributed by atoms with Crippen LogP contribution in [0.4, 0.5) is 0 Å². The van der Waals surface area contributed by atoms with E-state index in [4.69, 9.17) is 0 Å². The van der Waals surface area contributed by atoms with Crippen molar-refractivity contribution in [1.29, 1.82) is 0 Å². The molecule has 1 rings (SSSR count). The van der Waals surface area contributed by atoms with Crippen LogP contribution in [0.15, 0.2) is 24.3 Å². The second-order valence-corrected chi connectivity index (χ2v) is 3.32. The Labute approximate surface area is 82.0 Å². The molecule has 0 saturated carbocycles. The predicted molar refractivity (Wildman–Crippen MR) is 58.7 cm³/mol. The smallest absolute Gasteiger partial charge is 0.00472 e. The molecule has 0 atom stereocenters. The van der Waals surface area contributed by atoms with Gasteiger partial charge in [-0.2, -0.15) is 0 Å². The summed E-state index contributed by atoms with van der Waals surface area (Å²) in [5.74, 6) is 1.58. The normalized spacial score (nSPS) is 10.8. The van der Waals surface area contributed by atoms with Crippen molar-refractivity contribution in [3.05, 3.63) is 41.3 Å². The topological polar surface area (TPSA) is 0 Å². The van der Waals surface area contributed by atoms with Gasteiger partial charge in [0.25, 0.3) is 0 Å². The van der Waals surface area contributed by atoms with Gasteiger partial charge in [0, 0.05) is 5.92 Å². The van der Waals surface area contributed by atoms with E-state index in [1.54, 1.807) is 5.92 Å². The molecule has 0 nitrogen and oxygen atoms in total. The minimum absolute atomic E-state index is 1.14. The molecule has 0 heteroatoms. The van der Waals surface area contributed by atoms with E-state index in [2.05, 4.69) is 45.0 Å². The molecule has 0 N–H and O–H groups in total. The molecule has 0 aliphatic heterocycles. The molecule has 0 saturated heterocycles. The zero-order valence-corrected chi connectivity index (χ0v) is 8.93. The fourth-order valence-electron chi connectivity index (χ4n) is 1.80. The molecule has 1 radical (unpaired) electrons. The van der Waals surface area contributed by atoms with Crippen LogP contribution in [-0.2, 0) is 6.42 Å². The van der Waals surface area contributed by atoms with Crippen LogP contribution < -0.4 is 0 Å². The molecule has 1 aromatic rings. The first kappa shape index (κ1) is 10.3. The van der Waals surface area contributed by atoms with E-state index in [1.807, 2.05) is 0 Å². The van der Waals surface area contributed by atoms with Crippen molar-refractivity contribution in [2.75, 3.05) is 0 Å². The van der Waals surface area contributed by atoms with Crippen LogP contribution in [0.5, 0.6) is 0 Å². The summed E-state index contributed by atoms with van der Waals surface area (Å²) in [6.45, 7) is 6.71. The van der Waals surface area contributed by atoms with E-state index < -0.39 is 0 Å². The van der Waals surface area contributed by atoms with Gasteiger partial charge >= 0.3 is 0 Å². The van der Waals surface area contributed by atoms with Crippen LogP contribution in [0.25, 0.3) is 0 Å². The number of hydrogen-bond acceptors (Lipinski definition) is 0. The van der Waals surface area contributed by atoms with Gasteiger partial charge in [0.05, 0.1) is 0 Å². The molecule has 71 valence electrons. The first-order valence-electron chi connectivity index (χ1n) is 5.26. The fourth-order valence-corrected chi connectivity index (χ4v) is 1.80. The maximum atomic E-state index is 2.25. The van der Waals surface area contributed by atoms with Gasteiger partial charge in [0.2, 0.25) is 0 Å². The van der Waals surface area contributed by atoms with Gasteiger partial charge in [-0.1, -0.05) is 45.0 Å². The summed E-state index contributed by atoms with van der Waals surface area (Å²) in [6, 6.07) is 8.76. The van der Waals surface area contributed by atoms with Crippen molar-refractivity contribution in [3.63, 3.8) is 0 Å². The standard InChI is InChI=1S/C13H19/c1-4-11(5-2)13-10-8-7-9-12(13)6-3/h7-10H,4-6H2,1-3H3. The SMILES string of the molecule is CC[C](CC)c1ccccc1CC. The molecule has 0 amide bonds. The van der Waals surface area contributed by atoms with Crippen molar-refractivity contribution < 1.29 is 0 Å². The van der Waals surface area contributed by atoms with Crippen LogP contribution in [0.2, 0.25) is 0 Å². The van der Waals surface area contributed by atoms with E-state index in [-0.39, 0.29) is 0 Å². The van der Waals surface area contributed by atoms with Crippen LogP contribution in [0.1, 0.15) is 44.7 Å². The summed E-state index contributed by atoms with van der Waals surface area (Å²) in [5.41, 5.74) is 2.97. The summed E-state index contributed by atoms with van der Waals surface area (Å²) in [5, 5.41) is 0. The summed E-state index contributed by atoms with van der Waals surface area (Å²) >= 11 is 0. The molecule has 0 bridgehead atoms. The largest absolute Gasteiger partial charge is 0.0645 e. The quantitative estimate of drug-likeness (QED) is 0.649. The van der Waals surface area contributed by atoms with Crippen LogP contribution >= 0.6 is 0 Å². The average molecular weight is 175 g/mol. The Morgan fingerprint density at radius 2 is 1.62 bits per heavy atom. The first-order chi connectivity index (χ1) is 6.33. The van der Waals surface area contributed by atoms with Crippen LogP contribution in [0, 0.1) is 5.92 Å². The van der Waals surface area contributed by atoms with Gasteiger partial charge in [-0.15, -0.1) is 0 Å². The third-order valence-corrected chi connectivity index (χ3v) is 2.63. The molecule has 0 aromatic heterocycles. The minimum Gasteiger partial charge on any atom is -0.0645 e. The van der Waals surface area contributed by atoms with Crippen molar-refractivity contribution in [3.8, 4) is 0 Å². The number of aryl methyl sites for hydroxylation is 1. The Kier molecular flexibility index (Phi) is 4.01. The summed E-state index contributed by atoms with van der Waals surface area (Å²) in [4.78, 5) is 0. The minimum atomic E-state index is 1.14. The van der Waals surface area contributed by atoms with Crippen molar-refractivity contribution in [2.24, 2.45) is 0 Å². The number of hydrogen-bond donors (Lipinski definition) is 0. The van der Waals surface area contributed by atoms with Gasteiger partial charge in [0.15, 0.2) is 0 Å². The molecule has 0 aliphatic carbocycles. The van der Waals surface area contributed by atoms with Crippen molar-refractivity contribution in [1.82, 2.24) is 0 Å². The number of rotatable bonds is 4. The van der Waals surface area contributed by atoms with E-state index >= 15 is 0 Å². The Morgan fingerprint density at radius 1 is 1.00 bits per heavy atom. The molecule has 0 spiro atoms. The van der Waals surface area contributed by atoms with Crippen LogP contribution in [-0.4, -0.2) is 0 Å². The van der Waals surface area contributed by atoms with E-state index in [0.29, 0.717) is 0 Å². The molecular weight excluding hydrogens is 156 g/mol. The highest BCUT2D eigenvalue weighted by atomic mass is 14.1. The molecule has 1 aromatic carbocycles. The van der Waals surface area contributed by atoms with E-state index in [1.165, 1.54) is 24.0 Å². The van der Waals surface area contributed by atoms with Gasteiger partial charge < -0.3 is 0 Å². The van der Waals surface area contributed by atoms with Gasteiger partial charge in [0.1, 0.15) is 0 Å².